The average molecular weight is 383 g/mol. The third kappa shape index (κ3) is 2.81. The van der Waals surface area contributed by atoms with Gasteiger partial charge in [0.25, 0.3) is 4.84 Å². The Balaban J connectivity index is 2.15. The fourth-order valence-corrected chi connectivity index (χ4v) is 3.98. The molecule has 2 aromatic carbocycles. The Morgan fingerprint density at radius 2 is 1.81 bits per heavy atom. The van der Waals surface area contributed by atoms with Crippen molar-refractivity contribution in [3.8, 4) is 5.75 Å². The number of hydrogen-bond acceptors (Lipinski definition) is 5. The van der Waals surface area contributed by atoms with Crippen molar-refractivity contribution in [3.05, 3.63) is 64.0 Å². The quantitative estimate of drug-likeness (QED) is 0.472. The molecule has 0 bridgehead atoms. The zero-order valence-electron chi connectivity index (χ0n) is 15.7. The number of benzene rings is 2. The summed E-state index contributed by atoms with van der Waals surface area (Å²) in [7, 11) is 3.23. The predicted octanol–water partition coefficient (Wildman–Crippen LogP) is 4.93. The van der Waals surface area contributed by atoms with Crippen molar-refractivity contribution in [2.45, 2.75) is 26.2 Å². The van der Waals surface area contributed by atoms with Crippen LogP contribution in [0.4, 0.5) is 0 Å². The van der Waals surface area contributed by atoms with E-state index in [1.807, 2.05) is 60.9 Å². The molecule has 1 aliphatic heterocycles. The third-order valence-electron chi connectivity index (χ3n) is 4.87. The van der Waals surface area contributed by atoms with Gasteiger partial charge < -0.3 is 18.6 Å². The summed E-state index contributed by atoms with van der Waals surface area (Å²) in [6.45, 7) is 4.02. The van der Waals surface area contributed by atoms with Crippen molar-refractivity contribution in [2.24, 2.45) is 0 Å². The molecule has 0 aliphatic carbocycles. The Morgan fingerprint density at radius 1 is 1.07 bits per heavy atom. The molecule has 1 aliphatic rings. The normalized spacial score (nSPS) is 16.7. The second kappa shape index (κ2) is 6.96. The Hall–Kier alpha value is -2.41. The molecule has 0 N–H and O–H groups in total. The summed E-state index contributed by atoms with van der Waals surface area (Å²) in [6.07, 6.45) is -0.824. The smallest absolute Gasteiger partial charge is 0.274 e. The highest BCUT2D eigenvalue weighted by atomic mass is 32.1. The molecule has 0 spiro atoms. The van der Waals surface area contributed by atoms with E-state index in [2.05, 4.69) is 0 Å². The van der Waals surface area contributed by atoms with Crippen molar-refractivity contribution >= 4 is 29.0 Å². The van der Waals surface area contributed by atoms with Gasteiger partial charge in [0.05, 0.1) is 16.8 Å². The number of aryl methyl sites for hydroxylation is 1. The van der Waals surface area contributed by atoms with Gasteiger partial charge in [-0.3, -0.25) is 4.57 Å². The van der Waals surface area contributed by atoms with Crippen molar-refractivity contribution < 1.29 is 18.6 Å². The van der Waals surface area contributed by atoms with Gasteiger partial charge in [0.2, 0.25) is 0 Å². The van der Waals surface area contributed by atoms with E-state index in [-0.39, 0.29) is 6.10 Å². The molecule has 5 nitrogen and oxygen atoms in total. The molecule has 2 heterocycles. The van der Waals surface area contributed by atoms with Gasteiger partial charge in [0, 0.05) is 19.8 Å². The third-order valence-corrected chi connectivity index (χ3v) is 5.13. The Morgan fingerprint density at radius 3 is 2.56 bits per heavy atom. The van der Waals surface area contributed by atoms with Crippen LogP contribution >= 0.6 is 12.2 Å². The molecule has 0 radical (unpaired) electrons. The largest absolute Gasteiger partial charge is 0.485 e. The van der Waals surface area contributed by atoms with Gasteiger partial charge in [-0.25, -0.2) is 0 Å². The van der Waals surface area contributed by atoms with Crippen molar-refractivity contribution in [1.29, 1.82) is 0 Å². The molecule has 0 amide bonds. The topological polar surface area (TPSA) is 45.8 Å². The summed E-state index contributed by atoms with van der Waals surface area (Å²) in [4.78, 5) is 0.377. The van der Waals surface area contributed by atoms with E-state index in [4.69, 9.17) is 30.8 Å². The summed E-state index contributed by atoms with van der Waals surface area (Å²) < 4.78 is 25.2. The van der Waals surface area contributed by atoms with E-state index in [1.54, 1.807) is 14.2 Å². The summed E-state index contributed by atoms with van der Waals surface area (Å²) in [6, 6.07) is 13.8. The molecular weight excluding hydrogens is 362 g/mol. The van der Waals surface area contributed by atoms with Crippen LogP contribution in [0.15, 0.2) is 52.5 Å². The van der Waals surface area contributed by atoms with Crippen LogP contribution in [-0.4, -0.2) is 31.2 Å². The highest BCUT2D eigenvalue weighted by Gasteiger charge is 2.34. The molecular formula is C21H21NO4S. The number of fused-ring (bicyclic) bond motifs is 2. The first-order valence-corrected chi connectivity index (χ1v) is 9.15. The average Bonchev–Trinajstić information content (AvgIpc) is 3.00. The minimum atomic E-state index is -0.570. The standard InChI is InChI=1S/C21H21NO4S/c1-12-8-7-11-16-18(12)22(21(27)26-16)19-14-9-5-6-10-15(14)25-13(2)17(19)20(23-3)24-4/h5-11,13,20H,1-4H3. The molecule has 1 aromatic heterocycles. The van der Waals surface area contributed by atoms with Gasteiger partial charge in [-0.05, 0) is 49.8 Å². The van der Waals surface area contributed by atoms with Crippen LogP contribution in [0.3, 0.4) is 0 Å². The van der Waals surface area contributed by atoms with E-state index in [0.29, 0.717) is 4.84 Å². The number of aromatic nitrogens is 1. The molecule has 0 saturated carbocycles. The Bertz CT molecular complexity index is 1090. The second-order valence-corrected chi connectivity index (χ2v) is 6.84. The predicted molar refractivity (Wildman–Crippen MR) is 106 cm³/mol. The molecule has 6 heteroatoms. The number of hydrogen-bond donors (Lipinski definition) is 0. The van der Waals surface area contributed by atoms with E-state index in [1.165, 1.54) is 0 Å². The maximum atomic E-state index is 6.14. The van der Waals surface area contributed by atoms with Crippen LogP contribution in [0, 0.1) is 11.8 Å². The molecule has 1 atom stereocenters. The van der Waals surface area contributed by atoms with Gasteiger partial charge in [0.15, 0.2) is 11.9 Å². The fourth-order valence-electron chi connectivity index (χ4n) is 3.71. The number of para-hydroxylation sites is 2. The maximum Gasteiger partial charge on any atom is 0.274 e. The number of methoxy groups -OCH3 is 2. The lowest BCUT2D eigenvalue weighted by Crippen LogP contribution is -2.33. The van der Waals surface area contributed by atoms with Crippen LogP contribution in [0.1, 0.15) is 18.1 Å². The first-order valence-electron chi connectivity index (χ1n) is 8.74. The van der Waals surface area contributed by atoms with Gasteiger partial charge in [0.1, 0.15) is 11.9 Å². The number of ether oxygens (including phenoxy) is 3. The minimum Gasteiger partial charge on any atom is -0.485 e. The lowest BCUT2D eigenvalue weighted by molar-refractivity contribution is -0.0833. The summed E-state index contributed by atoms with van der Waals surface area (Å²) in [5.41, 5.74) is 5.42. The lowest BCUT2D eigenvalue weighted by atomic mass is 9.97. The van der Waals surface area contributed by atoms with E-state index in [0.717, 1.165) is 39.2 Å². The van der Waals surface area contributed by atoms with E-state index in [9.17, 15) is 0 Å². The Kier molecular flexibility index (Phi) is 4.63. The first kappa shape index (κ1) is 18.0. The van der Waals surface area contributed by atoms with Crippen LogP contribution in [-0.2, 0) is 9.47 Å². The van der Waals surface area contributed by atoms with Crippen molar-refractivity contribution in [3.63, 3.8) is 0 Å². The van der Waals surface area contributed by atoms with Crippen molar-refractivity contribution in [2.75, 3.05) is 14.2 Å². The Labute approximate surface area is 162 Å². The van der Waals surface area contributed by atoms with Crippen LogP contribution in [0.2, 0.25) is 0 Å². The summed E-state index contributed by atoms with van der Waals surface area (Å²) in [5, 5.41) is 0. The number of rotatable bonds is 4. The minimum absolute atomic E-state index is 0.254. The van der Waals surface area contributed by atoms with Crippen LogP contribution < -0.4 is 4.74 Å². The highest BCUT2D eigenvalue weighted by Crippen LogP contribution is 2.41. The SMILES string of the molecule is COC(OC)C1=C(n2c(=S)oc3cccc(C)c32)c2ccccc2OC1C. The van der Waals surface area contributed by atoms with Gasteiger partial charge in [-0.1, -0.05) is 24.3 Å². The van der Waals surface area contributed by atoms with Gasteiger partial charge in [-0.15, -0.1) is 0 Å². The van der Waals surface area contributed by atoms with E-state index < -0.39 is 6.29 Å². The molecule has 1 unspecified atom stereocenters. The highest BCUT2D eigenvalue weighted by molar-refractivity contribution is 7.71. The number of oxazole rings is 1. The molecule has 27 heavy (non-hydrogen) atoms. The van der Waals surface area contributed by atoms with Crippen LogP contribution in [0.5, 0.6) is 5.75 Å². The first-order chi connectivity index (χ1) is 13.1. The zero-order chi connectivity index (χ0) is 19.1. The second-order valence-electron chi connectivity index (χ2n) is 6.49. The van der Waals surface area contributed by atoms with Crippen LogP contribution in [0.25, 0.3) is 16.8 Å². The van der Waals surface area contributed by atoms with Gasteiger partial charge in [-0.2, -0.15) is 0 Å². The lowest BCUT2D eigenvalue weighted by Gasteiger charge is -2.32. The molecule has 0 fully saturated rings. The zero-order valence-corrected chi connectivity index (χ0v) is 16.5. The molecule has 3 aromatic rings. The van der Waals surface area contributed by atoms with Gasteiger partial charge >= 0.3 is 0 Å². The molecule has 0 saturated heterocycles. The molecule has 140 valence electrons. The maximum absolute atomic E-state index is 6.14. The summed E-state index contributed by atoms with van der Waals surface area (Å²) >= 11 is 5.61. The number of nitrogens with zero attached hydrogens (tertiary/aromatic N) is 1. The van der Waals surface area contributed by atoms with Crippen molar-refractivity contribution in [1.82, 2.24) is 4.57 Å². The van der Waals surface area contributed by atoms with E-state index >= 15 is 0 Å². The molecule has 4 rings (SSSR count). The monoisotopic (exact) mass is 383 g/mol. The summed E-state index contributed by atoms with van der Waals surface area (Å²) in [5.74, 6) is 0.791. The fraction of sp³-hybridized carbons (Fsp3) is 0.286.